The van der Waals surface area contributed by atoms with Crippen LogP contribution in [0.2, 0.25) is 0 Å². The van der Waals surface area contributed by atoms with E-state index in [-0.39, 0.29) is 16.5 Å². The summed E-state index contributed by atoms with van der Waals surface area (Å²) in [6, 6.07) is 5.83. The Morgan fingerprint density at radius 3 is 2.30 bits per heavy atom. The minimum atomic E-state index is -4.34. The van der Waals surface area contributed by atoms with Crippen LogP contribution in [0.1, 0.15) is 13.8 Å². The Labute approximate surface area is 174 Å². The van der Waals surface area contributed by atoms with Crippen LogP contribution in [0.15, 0.2) is 46.3 Å². The molecule has 0 amide bonds. The summed E-state index contributed by atoms with van der Waals surface area (Å²) in [5.74, 6) is 0.119. The first-order valence-electron chi connectivity index (χ1n) is 8.63. The third-order valence-corrected chi connectivity index (χ3v) is 7.37. The van der Waals surface area contributed by atoms with E-state index in [0.717, 1.165) is 18.3 Å². The van der Waals surface area contributed by atoms with Crippen LogP contribution in [0, 0.1) is 10.1 Å². The van der Waals surface area contributed by atoms with Gasteiger partial charge in [0, 0.05) is 19.3 Å². The number of methoxy groups -OCH3 is 1. The topological polar surface area (TPSA) is 161 Å². The van der Waals surface area contributed by atoms with E-state index in [1.165, 1.54) is 29.6 Å². The van der Waals surface area contributed by atoms with E-state index < -0.39 is 35.6 Å². The maximum atomic E-state index is 12.5. The van der Waals surface area contributed by atoms with E-state index in [1.54, 1.807) is 13.8 Å². The van der Waals surface area contributed by atoms with Gasteiger partial charge in [0.2, 0.25) is 10.0 Å². The van der Waals surface area contributed by atoms with Crippen molar-refractivity contribution in [2.75, 3.05) is 25.6 Å². The van der Waals surface area contributed by atoms with Crippen molar-refractivity contribution in [2.45, 2.75) is 23.6 Å². The first kappa shape index (κ1) is 23.5. The molecule has 2 N–H and O–H groups in total. The Morgan fingerprint density at radius 2 is 1.80 bits per heavy atom. The molecule has 0 unspecified atom stereocenters. The molecule has 0 saturated carbocycles. The van der Waals surface area contributed by atoms with Crippen molar-refractivity contribution in [2.24, 2.45) is 0 Å². The van der Waals surface area contributed by atoms with Gasteiger partial charge in [0.15, 0.2) is 4.90 Å². The zero-order valence-corrected chi connectivity index (χ0v) is 18.0. The second-order valence-corrected chi connectivity index (χ2v) is 9.38. The highest BCUT2D eigenvalue weighted by Crippen LogP contribution is 2.28. The van der Waals surface area contributed by atoms with Crippen LogP contribution in [0.4, 0.5) is 11.5 Å². The van der Waals surface area contributed by atoms with E-state index >= 15 is 0 Å². The average Bonchev–Trinajstić information content (AvgIpc) is 2.72. The Bertz CT molecular complexity index is 1120. The number of rotatable bonds is 10. The van der Waals surface area contributed by atoms with Crippen molar-refractivity contribution < 1.29 is 26.5 Å². The number of nitrogens with one attached hydrogen (secondary N) is 2. The fourth-order valence-electron chi connectivity index (χ4n) is 2.49. The molecule has 0 atom stereocenters. The molecular weight excluding hydrogens is 438 g/mol. The summed E-state index contributed by atoms with van der Waals surface area (Å²) in [5, 5.41) is 11.2. The van der Waals surface area contributed by atoms with Crippen molar-refractivity contribution in [3.05, 3.63) is 46.6 Å². The number of benzene rings is 1. The summed E-state index contributed by atoms with van der Waals surface area (Å²) >= 11 is 0. The number of aromatic nitrogens is 1. The molecule has 1 heterocycles. The molecular formula is C16H21N5O7S2. The fourth-order valence-corrected chi connectivity index (χ4v) is 4.90. The molecule has 164 valence electrons. The van der Waals surface area contributed by atoms with Gasteiger partial charge in [0.25, 0.3) is 15.7 Å². The first-order chi connectivity index (χ1) is 14.1. The molecule has 14 heteroatoms. The molecule has 2 aromatic rings. The zero-order valence-electron chi connectivity index (χ0n) is 16.4. The van der Waals surface area contributed by atoms with Gasteiger partial charge in [0.05, 0.1) is 18.1 Å². The van der Waals surface area contributed by atoms with E-state index in [4.69, 9.17) is 4.74 Å². The number of hydrazine groups is 1. The molecule has 0 radical (unpaired) electrons. The molecule has 1 aromatic carbocycles. The molecule has 12 nitrogen and oxygen atoms in total. The second-order valence-electron chi connectivity index (χ2n) is 5.79. The molecule has 0 spiro atoms. The van der Waals surface area contributed by atoms with Crippen molar-refractivity contribution >= 4 is 31.6 Å². The van der Waals surface area contributed by atoms with Gasteiger partial charge in [-0.25, -0.2) is 21.8 Å². The molecule has 2 rings (SSSR count). The lowest BCUT2D eigenvalue weighted by atomic mass is 10.3. The smallest absolute Gasteiger partial charge is 0.293 e. The second kappa shape index (κ2) is 9.34. The highest BCUT2D eigenvalue weighted by molar-refractivity contribution is 7.89. The molecule has 0 aliphatic heterocycles. The van der Waals surface area contributed by atoms with Gasteiger partial charge in [-0.2, -0.15) is 4.31 Å². The summed E-state index contributed by atoms with van der Waals surface area (Å²) in [4.78, 5) is 15.6. The summed E-state index contributed by atoms with van der Waals surface area (Å²) in [5.41, 5.74) is 1.63. The number of ether oxygens (including phenoxy) is 1. The maximum Gasteiger partial charge on any atom is 0.293 e. The summed E-state index contributed by atoms with van der Waals surface area (Å²) in [6.45, 7) is 3.99. The molecule has 30 heavy (non-hydrogen) atoms. The van der Waals surface area contributed by atoms with E-state index in [1.807, 2.05) is 4.83 Å². The monoisotopic (exact) mass is 459 g/mol. The van der Waals surface area contributed by atoms with Crippen LogP contribution in [-0.4, -0.2) is 51.2 Å². The van der Waals surface area contributed by atoms with Crippen LogP contribution in [0.5, 0.6) is 5.75 Å². The normalized spacial score (nSPS) is 12.0. The van der Waals surface area contributed by atoms with Gasteiger partial charge in [0.1, 0.15) is 16.5 Å². The van der Waals surface area contributed by atoms with Crippen LogP contribution in [0.25, 0.3) is 0 Å². The largest absolute Gasteiger partial charge is 0.497 e. The molecule has 0 fully saturated rings. The number of hydrogen-bond acceptors (Lipinski definition) is 9. The maximum absolute atomic E-state index is 12.5. The number of nitro groups is 1. The summed E-state index contributed by atoms with van der Waals surface area (Å²) in [7, 11) is -6.76. The minimum absolute atomic E-state index is 0.00626. The minimum Gasteiger partial charge on any atom is -0.497 e. The Kier molecular flexibility index (Phi) is 7.30. The highest BCUT2D eigenvalue weighted by atomic mass is 32.2. The van der Waals surface area contributed by atoms with Crippen molar-refractivity contribution in [3.8, 4) is 5.75 Å². The van der Waals surface area contributed by atoms with Crippen LogP contribution in [-0.2, 0) is 20.0 Å². The number of nitro benzene ring substituents is 1. The van der Waals surface area contributed by atoms with E-state index in [0.29, 0.717) is 13.1 Å². The molecule has 0 aliphatic carbocycles. The lowest BCUT2D eigenvalue weighted by Crippen LogP contribution is -2.31. The Balaban J connectivity index is 2.22. The van der Waals surface area contributed by atoms with Crippen molar-refractivity contribution in [1.82, 2.24) is 14.1 Å². The number of hydrogen-bond donors (Lipinski definition) is 2. The third kappa shape index (κ3) is 5.02. The summed E-state index contributed by atoms with van der Waals surface area (Å²) < 4.78 is 56.0. The van der Waals surface area contributed by atoms with Crippen LogP contribution >= 0.6 is 0 Å². The fraction of sp³-hybridized carbons (Fsp3) is 0.312. The average molecular weight is 460 g/mol. The summed E-state index contributed by atoms with van der Waals surface area (Å²) in [6.07, 6.45) is 1.08. The number of anilines is 1. The lowest BCUT2D eigenvalue weighted by molar-refractivity contribution is -0.387. The first-order valence-corrected chi connectivity index (χ1v) is 11.6. The molecule has 0 saturated heterocycles. The van der Waals surface area contributed by atoms with Gasteiger partial charge >= 0.3 is 0 Å². The lowest BCUT2D eigenvalue weighted by Gasteiger charge is -2.18. The quantitative estimate of drug-likeness (QED) is 0.394. The standard InChI is InChI=1S/C16H21N5O7S2/c1-4-20(5-2)30(26,27)13-7-9-16(17-11-13)18-19-29(24,25)15-8-6-12(28-3)10-14(15)21(22)23/h6-11,19H,4-5H2,1-3H3,(H,17,18). The number of pyridine rings is 1. The Hall–Kier alpha value is -2.81. The van der Waals surface area contributed by atoms with E-state index in [2.05, 4.69) is 10.4 Å². The van der Waals surface area contributed by atoms with Crippen molar-refractivity contribution in [3.63, 3.8) is 0 Å². The van der Waals surface area contributed by atoms with Gasteiger partial charge in [-0.3, -0.25) is 15.5 Å². The van der Waals surface area contributed by atoms with E-state index in [9.17, 15) is 26.9 Å². The zero-order chi connectivity index (χ0) is 22.5. The van der Waals surface area contributed by atoms with Gasteiger partial charge in [-0.15, -0.1) is 4.83 Å². The predicted octanol–water partition coefficient (Wildman–Crippen LogP) is 1.33. The SMILES string of the molecule is CCN(CC)S(=O)(=O)c1ccc(NNS(=O)(=O)c2ccc(OC)cc2[N+](=O)[O-])nc1. The molecule has 1 aromatic heterocycles. The Morgan fingerprint density at radius 1 is 1.13 bits per heavy atom. The predicted molar refractivity (Wildman–Crippen MR) is 108 cm³/mol. The number of sulfonamides is 2. The van der Waals surface area contributed by atoms with Gasteiger partial charge < -0.3 is 4.74 Å². The third-order valence-electron chi connectivity index (χ3n) is 4.05. The molecule has 0 aliphatic rings. The van der Waals surface area contributed by atoms with Crippen LogP contribution in [0.3, 0.4) is 0 Å². The van der Waals surface area contributed by atoms with Gasteiger partial charge in [-0.05, 0) is 24.3 Å². The number of nitrogens with zero attached hydrogens (tertiary/aromatic N) is 3. The van der Waals surface area contributed by atoms with Crippen LogP contribution < -0.4 is 15.0 Å². The highest BCUT2D eigenvalue weighted by Gasteiger charge is 2.27. The van der Waals surface area contributed by atoms with Crippen molar-refractivity contribution in [1.29, 1.82) is 0 Å². The molecule has 0 bridgehead atoms. The van der Waals surface area contributed by atoms with Gasteiger partial charge in [-0.1, -0.05) is 13.8 Å².